The van der Waals surface area contributed by atoms with Gasteiger partial charge in [-0.05, 0) is 66.8 Å². The van der Waals surface area contributed by atoms with Crippen LogP contribution in [0.3, 0.4) is 0 Å². The Morgan fingerprint density at radius 2 is 1.48 bits per heavy atom. The lowest BCUT2D eigenvalue weighted by molar-refractivity contribution is 0.0728. The normalized spacial score (nSPS) is 18.3. The molecule has 0 atom stereocenters. The molecule has 0 heterocycles. The number of carbonyl (C=O) groups is 1. The predicted molar refractivity (Wildman–Crippen MR) is 130 cm³/mol. The highest BCUT2D eigenvalue weighted by atomic mass is 19.2. The summed E-state index contributed by atoms with van der Waals surface area (Å²) in [6.45, 7) is 4.39. The number of aryl methyl sites for hydroxylation is 2. The molecular weight excluding hydrogens is 418 g/mol. The van der Waals surface area contributed by atoms with E-state index in [0.29, 0.717) is 23.7 Å². The Hall–Kier alpha value is -2.23. The minimum atomic E-state index is -1.11. The molecule has 1 saturated carbocycles. The lowest BCUT2D eigenvalue weighted by Gasteiger charge is -2.28. The van der Waals surface area contributed by atoms with Crippen molar-refractivity contribution in [3.63, 3.8) is 0 Å². The number of hydrogen-bond donors (Lipinski definition) is 0. The summed E-state index contributed by atoms with van der Waals surface area (Å²) in [7, 11) is 0. The van der Waals surface area contributed by atoms with Gasteiger partial charge in [-0.15, -0.1) is 0 Å². The third kappa shape index (κ3) is 7.38. The zero-order valence-electron chi connectivity index (χ0n) is 20.2. The van der Waals surface area contributed by atoms with Crippen molar-refractivity contribution in [3.8, 4) is 5.75 Å². The zero-order valence-corrected chi connectivity index (χ0v) is 20.2. The maximum atomic E-state index is 14.7. The second-order valence-corrected chi connectivity index (χ2v) is 9.60. The van der Waals surface area contributed by atoms with Gasteiger partial charge >= 0.3 is 5.97 Å². The summed E-state index contributed by atoms with van der Waals surface area (Å²) in [4.78, 5) is 12.5. The zero-order chi connectivity index (χ0) is 23.6. The predicted octanol–water partition coefficient (Wildman–Crippen LogP) is 8.46. The maximum absolute atomic E-state index is 14.7. The van der Waals surface area contributed by atoms with Crippen molar-refractivity contribution >= 4 is 5.97 Å². The Bertz CT molecular complexity index is 883. The molecule has 0 saturated heterocycles. The molecule has 0 bridgehead atoms. The topological polar surface area (TPSA) is 26.3 Å². The molecule has 180 valence electrons. The Morgan fingerprint density at radius 1 is 0.818 bits per heavy atom. The van der Waals surface area contributed by atoms with E-state index in [1.54, 1.807) is 12.1 Å². The van der Waals surface area contributed by atoms with Crippen LogP contribution in [0.15, 0.2) is 36.4 Å². The Labute approximate surface area is 197 Å². The number of rotatable bonds is 11. The number of unbranched alkanes of at least 4 members (excludes halogenated alkanes) is 2. The van der Waals surface area contributed by atoms with Crippen molar-refractivity contribution in [1.82, 2.24) is 0 Å². The highest BCUT2D eigenvalue weighted by molar-refractivity contribution is 5.91. The Balaban J connectivity index is 1.54. The van der Waals surface area contributed by atoms with Gasteiger partial charge < -0.3 is 4.74 Å². The lowest BCUT2D eigenvalue weighted by atomic mass is 9.78. The number of ether oxygens (including phenoxy) is 1. The summed E-state index contributed by atoms with van der Waals surface area (Å²) >= 11 is 0. The molecule has 0 radical (unpaired) electrons. The first-order chi connectivity index (χ1) is 16.0. The van der Waals surface area contributed by atoms with Crippen LogP contribution in [0.1, 0.15) is 99.5 Å². The summed E-state index contributed by atoms with van der Waals surface area (Å²) in [6, 6.07) is 10.1. The van der Waals surface area contributed by atoms with Crippen molar-refractivity contribution in [2.45, 2.75) is 90.9 Å². The number of hydrogen-bond acceptors (Lipinski definition) is 2. The van der Waals surface area contributed by atoms with Gasteiger partial charge in [0.15, 0.2) is 11.6 Å². The van der Waals surface area contributed by atoms with Crippen LogP contribution >= 0.6 is 0 Å². The average Bonchev–Trinajstić information content (AvgIpc) is 2.82. The Kier molecular flexibility index (Phi) is 9.90. The molecule has 33 heavy (non-hydrogen) atoms. The molecule has 3 rings (SSSR count). The molecule has 0 unspecified atom stereocenters. The molecule has 4 heteroatoms. The van der Waals surface area contributed by atoms with Crippen molar-refractivity contribution in [2.75, 3.05) is 0 Å². The van der Waals surface area contributed by atoms with E-state index in [4.69, 9.17) is 4.74 Å². The van der Waals surface area contributed by atoms with Crippen LogP contribution < -0.4 is 4.74 Å². The first-order valence-corrected chi connectivity index (χ1v) is 12.8. The molecule has 2 aromatic rings. The van der Waals surface area contributed by atoms with Crippen LogP contribution in [-0.4, -0.2) is 5.97 Å². The van der Waals surface area contributed by atoms with Gasteiger partial charge in [0, 0.05) is 0 Å². The van der Waals surface area contributed by atoms with E-state index in [1.807, 2.05) is 12.1 Å². The average molecular weight is 457 g/mol. The van der Waals surface area contributed by atoms with Gasteiger partial charge in [0.25, 0.3) is 0 Å². The van der Waals surface area contributed by atoms with Gasteiger partial charge in [-0.3, -0.25) is 0 Å². The fourth-order valence-electron chi connectivity index (χ4n) is 4.98. The van der Waals surface area contributed by atoms with E-state index >= 15 is 0 Å². The first kappa shape index (κ1) is 25.4. The molecule has 2 nitrogen and oxygen atoms in total. The monoisotopic (exact) mass is 456 g/mol. The standard InChI is InChI=1S/C29H38F2O2/c1-3-5-6-8-22-14-18-25(19-15-22)33-29(32)26-20-17-24(27(30)28(26)31)16-13-23-11-9-21(7-4-2)10-12-23/h14-15,17-21,23H,3-13,16H2,1-2H3. The fourth-order valence-corrected chi connectivity index (χ4v) is 4.98. The van der Waals surface area contributed by atoms with Gasteiger partial charge in [0.2, 0.25) is 0 Å². The van der Waals surface area contributed by atoms with Gasteiger partial charge in [0.1, 0.15) is 5.75 Å². The van der Waals surface area contributed by atoms with E-state index in [2.05, 4.69) is 13.8 Å². The number of benzene rings is 2. The smallest absolute Gasteiger partial charge is 0.346 e. The van der Waals surface area contributed by atoms with Crippen LogP contribution in [0.2, 0.25) is 0 Å². The van der Waals surface area contributed by atoms with Crippen molar-refractivity contribution in [3.05, 3.63) is 64.7 Å². The molecule has 0 N–H and O–H groups in total. The van der Waals surface area contributed by atoms with E-state index in [1.165, 1.54) is 62.6 Å². The number of carbonyl (C=O) groups excluding carboxylic acids is 1. The van der Waals surface area contributed by atoms with Gasteiger partial charge in [-0.25, -0.2) is 13.6 Å². The third-order valence-corrected chi connectivity index (χ3v) is 7.07. The van der Waals surface area contributed by atoms with E-state index in [9.17, 15) is 13.6 Å². The summed E-state index contributed by atoms with van der Waals surface area (Å²) in [5.74, 6) is -1.15. The molecule has 2 aromatic carbocycles. The van der Waals surface area contributed by atoms with Crippen molar-refractivity contribution in [2.24, 2.45) is 11.8 Å². The van der Waals surface area contributed by atoms with E-state index in [-0.39, 0.29) is 5.56 Å². The van der Waals surface area contributed by atoms with Crippen LogP contribution in [-0.2, 0) is 12.8 Å². The summed E-state index contributed by atoms with van der Waals surface area (Å²) < 4.78 is 34.7. The molecule has 0 amide bonds. The fraction of sp³-hybridized carbons (Fsp3) is 0.552. The van der Waals surface area contributed by atoms with Gasteiger partial charge in [0.05, 0.1) is 5.56 Å². The van der Waals surface area contributed by atoms with Crippen molar-refractivity contribution < 1.29 is 18.3 Å². The van der Waals surface area contributed by atoms with Crippen LogP contribution in [0.5, 0.6) is 5.75 Å². The molecule has 1 aliphatic rings. The molecule has 1 fully saturated rings. The quantitative estimate of drug-likeness (QED) is 0.193. The maximum Gasteiger partial charge on any atom is 0.346 e. The minimum Gasteiger partial charge on any atom is -0.423 e. The number of esters is 1. The molecular formula is C29H38F2O2. The lowest BCUT2D eigenvalue weighted by Crippen LogP contribution is -2.16. The largest absolute Gasteiger partial charge is 0.423 e. The Morgan fingerprint density at radius 3 is 2.12 bits per heavy atom. The molecule has 1 aliphatic carbocycles. The van der Waals surface area contributed by atoms with Crippen LogP contribution in [0.4, 0.5) is 8.78 Å². The van der Waals surface area contributed by atoms with E-state index < -0.39 is 17.6 Å². The van der Waals surface area contributed by atoms with Gasteiger partial charge in [-0.2, -0.15) is 0 Å². The van der Waals surface area contributed by atoms with Crippen LogP contribution in [0.25, 0.3) is 0 Å². The highest BCUT2D eigenvalue weighted by Gasteiger charge is 2.23. The third-order valence-electron chi connectivity index (χ3n) is 7.07. The van der Waals surface area contributed by atoms with Crippen LogP contribution in [0, 0.1) is 23.5 Å². The molecule has 0 spiro atoms. The summed E-state index contributed by atoms with van der Waals surface area (Å²) in [6.07, 6.45) is 13.2. The van der Waals surface area contributed by atoms with E-state index in [0.717, 1.165) is 31.6 Å². The SMILES string of the molecule is CCCCCc1ccc(OC(=O)c2ccc(CCC3CCC(CCC)CC3)c(F)c2F)cc1. The summed E-state index contributed by atoms with van der Waals surface area (Å²) in [5, 5.41) is 0. The van der Waals surface area contributed by atoms with Crippen molar-refractivity contribution in [1.29, 1.82) is 0 Å². The highest BCUT2D eigenvalue weighted by Crippen LogP contribution is 2.34. The second kappa shape index (κ2) is 12.9. The first-order valence-electron chi connectivity index (χ1n) is 12.8. The summed E-state index contributed by atoms with van der Waals surface area (Å²) in [5.41, 5.74) is 1.16. The minimum absolute atomic E-state index is 0.335. The number of halogens is 2. The second-order valence-electron chi connectivity index (χ2n) is 9.60. The molecule has 0 aliphatic heterocycles. The van der Waals surface area contributed by atoms with Gasteiger partial charge in [-0.1, -0.05) is 83.4 Å². The molecule has 0 aromatic heterocycles.